The number of thiophene rings is 1. The van der Waals surface area contributed by atoms with Gasteiger partial charge in [-0.2, -0.15) is 0 Å². The van der Waals surface area contributed by atoms with E-state index in [4.69, 9.17) is 9.47 Å². The van der Waals surface area contributed by atoms with Gasteiger partial charge in [-0.05, 0) is 55.7 Å². The summed E-state index contributed by atoms with van der Waals surface area (Å²) in [5.74, 6) is -0.714. The molecule has 5 nitrogen and oxygen atoms in total. The summed E-state index contributed by atoms with van der Waals surface area (Å²) in [4.78, 5) is 26.0. The number of ether oxygens (including phenoxy) is 2. The second-order valence-electron chi connectivity index (χ2n) is 6.80. The first-order valence-electron chi connectivity index (χ1n) is 10.0. The molecule has 0 bridgehead atoms. The molecule has 3 aromatic rings. The minimum absolute atomic E-state index is 0.195. The Morgan fingerprint density at radius 3 is 2.32 bits per heavy atom. The summed E-state index contributed by atoms with van der Waals surface area (Å²) in [7, 11) is 0. The summed E-state index contributed by atoms with van der Waals surface area (Å²) < 4.78 is 24.1. The average Bonchev–Trinajstić information content (AvgIpc) is 3.09. The topological polar surface area (TPSA) is 64.6 Å². The van der Waals surface area contributed by atoms with Gasteiger partial charge in [-0.15, -0.1) is 11.3 Å². The predicted octanol–water partition coefficient (Wildman–Crippen LogP) is 5.62. The standard InChI is InChI=1S/C24H24FNO4S/c1-4-16-6-12-19(13-7-16)30-14-20(27)26-23-22(24(28)29-5-2)21(15(3)31-23)17-8-10-18(25)11-9-17/h6-13H,4-5,14H2,1-3H3,(H,26,27). The van der Waals surface area contributed by atoms with E-state index in [1.54, 1.807) is 19.1 Å². The molecule has 0 saturated carbocycles. The molecule has 1 amide bonds. The van der Waals surface area contributed by atoms with Gasteiger partial charge in [0.05, 0.1) is 6.61 Å². The van der Waals surface area contributed by atoms with Crippen molar-refractivity contribution >= 4 is 28.2 Å². The zero-order chi connectivity index (χ0) is 22.4. The molecule has 1 heterocycles. The van der Waals surface area contributed by atoms with Crippen molar-refractivity contribution in [2.75, 3.05) is 18.5 Å². The van der Waals surface area contributed by atoms with Gasteiger partial charge >= 0.3 is 5.97 Å². The molecule has 7 heteroatoms. The quantitative estimate of drug-likeness (QED) is 0.461. The molecule has 0 unspecified atom stereocenters. The summed E-state index contributed by atoms with van der Waals surface area (Å²) >= 11 is 1.27. The molecule has 1 aromatic heterocycles. The molecule has 2 aromatic carbocycles. The Bertz CT molecular complexity index is 1060. The summed E-state index contributed by atoms with van der Waals surface area (Å²) in [5.41, 5.74) is 2.73. The first-order chi connectivity index (χ1) is 14.9. The van der Waals surface area contributed by atoms with E-state index in [0.29, 0.717) is 21.9 Å². The minimum atomic E-state index is -0.544. The Morgan fingerprint density at radius 2 is 1.71 bits per heavy atom. The zero-order valence-electron chi connectivity index (χ0n) is 17.7. The average molecular weight is 442 g/mol. The number of nitrogens with one attached hydrogen (secondary N) is 1. The van der Waals surface area contributed by atoms with Crippen molar-refractivity contribution in [3.8, 4) is 16.9 Å². The van der Waals surface area contributed by atoms with Crippen molar-refractivity contribution in [2.45, 2.75) is 27.2 Å². The van der Waals surface area contributed by atoms with Crippen LogP contribution >= 0.6 is 11.3 Å². The van der Waals surface area contributed by atoms with Crippen molar-refractivity contribution in [1.29, 1.82) is 0 Å². The van der Waals surface area contributed by atoms with Gasteiger partial charge in [0.1, 0.15) is 22.1 Å². The van der Waals surface area contributed by atoms with Gasteiger partial charge in [0.2, 0.25) is 0 Å². The van der Waals surface area contributed by atoms with Crippen LogP contribution in [0.1, 0.15) is 34.6 Å². The highest BCUT2D eigenvalue weighted by Crippen LogP contribution is 2.40. The van der Waals surface area contributed by atoms with Gasteiger partial charge in [-0.1, -0.05) is 31.2 Å². The lowest BCUT2D eigenvalue weighted by molar-refractivity contribution is -0.118. The Hall–Kier alpha value is -3.19. The molecule has 0 radical (unpaired) electrons. The number of hydrogen-bond donors (Lipinski definition) is 1. The molecule has 1 N–H and O–H groups in total. The molecule has 0 saturated heterocycles. The van der Waals surface area contributed by atoms with Crippen LogP contribution in [0.5, 0.6) is 5.75 Å². The number of aryl methyl sites for hydroxylation is 2. The van der Waals surface area contributed by atoms with E-state index in [2.05, 4.69) is 12.2 Å². The number of amides is 1. The maximum absolute atomic E-state index is 13.4. The van der Waals surface area contributed by atoms with Crippen LogP contribution in [0, 0.1) is 12.7 Å². The summed E-state index contributed by atoms with van der Waals surface area (Å²) in [6.45, 7) is 5.61. The number of halogens is 1. The van der Waals surface area contributed by atoms with Crippen molar-refractivity contribution in [1.82, 2.24) is 0 Å². The molecule has 0 aliphatic heterocycles. The van der Waals surface area contributed by atoms with Crippen molar-refractivity contribution < 1.29 is 23.5 Å². The van der Waals surface area contributed by atoms with E-state index < -0.39 is 11.9 Å². The van der Waals surface area contributed by atoms with Crippen molar-refractivity contribution in [3.05, 3.63) is 70.4 Å². The van der Waals surface area contributed by atoms with Gasteiger partial charge in [-0.25, -0.2) is 9.18 Å². The van der Waals surface area contributed by atoms with Crippen LogP contribution in [0.4, 0.5) is 9.39 Å². The van der Waals surface area contributed by atoms with E-state index in [1.807, 2.05) is 31.2 Å². The van der Waals surface area contributed by atoms with Gasteiger partial charge < -0.3 is 14.8 Å². The van der Waals surface area contributed by atoms with Crippen LogP contribution in [0.25, 0.3) is 11.1 Å². The SMILES string of the molecule is CCOC(=O)c1c(NC(=O)COc2ccc(CC)cc2)sc(C)c1-c1ccc(F)cc1. The molecular weight excluding hydrogens is 417 g/mol. The largest absolute Gasteiger partial charge is 0.484 e. The van der Waals surface area contributed by atoms with Gasteiger partial charge in [-0.3, -0.25) is 4.79 Å². The first kappa shape index (κ1) is 22.5. The number of carbonyl (C=O) groups excluding carboxylic acids is 2. The predicted molar refractivity (Wildman–Crippen MR) is 120 cm³/mol. The Balaban J connectivity index is 1.82. The van der Waals surface area contributed by atoms with Crippen LogP contribution in [0.3, 0.4) is 0 Å². The second kappa shape index (κ2) is 10.2. The first-order valence-corrected chi connectivity index (χ1v) is 10.8. The molecule has 0 atom stereocenters. The smallest absolute Gasteiger partial charge is 0.341 e. The fourth-order valence-electron chi connectivity index (χ4n) is 3.13. The fourth-order valence-corrected chi connectivity index (χ4v) is 4.21. The van der Waals surface area contributed by atoms with Crippen molar-refractivity contribution in [2.24, 2.45) is 0 Å². The third-order valence-electron chi connectivity index (χ3n) is 4.65. The molecule has 3 rings (SSSR count). The lowest BCUT2D eigenvalue weighted by Gasteiger charge is -2.10. The third kappa shape index (κ3) is 5.49. The fraction of sp³-hybridized carbons (Fsp3) is 0.250. The number of carbonyl (C=O) groups is 2. The minimum Gasteiger partial charge on any atom is -0.484 e. The van der Waals surface area contributed by atoms with Gasteiger partial charge in [0, 0.05) is 10.4 Å². The molecule has 31 heavy (non-hydrogen) atoms. The van der Waals surface area contributed by atoms with Crippen LogP contribution in [0.2, 0.25) is 0 Å². The van der Waals surface area contributed by atoms with Crippen LogP contribution < -0.4 is 10.1 Å². The Kier molecular flexibility index (Phi) is 7.41. The molecular formula is C24H24FNO4S. The second-order valence-corrected chi connectivity index (χ2v) is 8.02. The molecule has 162 valence electrons. The van der Waals surface area contributed by atoms with E-state index in [1.165, 1.54) is 29.0 Å². The van der Waals surface area contributed by atoms with Crippen LogP contribution in [-0.2, 0) is 16.0 Å². The number of esters is 1. The molecule has 0 fully saturated rings. The Morgan fingerprint density at radius 1 is 1.03 bits per heavy atom. The maximum Gasteiger partial charge on any atom is 0.341 e. The molecule has 0 aliphatic rings. The normalized spacial score (nSPS) is 10.6. The highest BCUT2D eigenvalue weighted by molar-refractivity contribution is 7.17. The van der Waals surface area contributed by atoms with Gasteiger partial charge in [0.25, 0.3) is 5.91 Å². The van der Waals surface area contributed by atoms with Gasteiger partial charge in [0.15, 0.2) is 6.61 Å². The van der Waals surface area contributed by atoms with E-state index in [-0.39, 0.29) is 24.6 Å². The lowest BCUT2D eigenvalue weighted by Crippen LogP contribution is -2.21. The van der Waals surface area contributed by atoms with Crippen LogP contribution in [0.15, 0.2) is 48.5 Å². The lowest BCUT2D eigenvalue weighted by atomic mass is 10.0. The molecule has 0 spiro atoms. The van der Waals surface area contributed by atoms with Crippen LogP contribution in [-0.4, -0.2) is 25.1 Å². The maximum atomic E-state index is 13.4. The summed E-state index contributed by atoms with van der Waals surface area (Å²) in [6.07, 6.45) is 0.922. The summed E-state index contributed by atoms with van der Waals surface area (Å²) in [5, 5.41) is 3.14. The Labute approximate surface area is 184 Å². The van der Waals surface area contributed by atoms with Crippen molar-refractivity contribution in [3.63, 3.8) is 0 Å². The highest BCUT2D eigenvalue weighted by Gasteiger charge is 2.25. The summed E-state index contributed by atoms with van der Waals surface area (Å²) in [6, 6.07) is 13.4. The number of rotatable bonds is 8. The zero-order valence-corrected chi connectivity index (χ0v) is 18.5. The third-order valence-corrected chi connectivity index (χ3v) is 5.67. The monoisotopic (exact) mass is 441 g/mol. The number of benzene rings is 2. The van der Waals surface area contributed by atoms with E-state index in [0.717, 1.165) is 11.3 Å². The molecule has 0 aliphatic carbocycles. The van der Waals surface area contributed by atoms with E-state index in [9.17, 15) is 14.0 Å². The number of anilines is 1. The van der Waals surface area contributed by atoms with E-state index >= 15 is 0 Å². The highest BCUT2D eigenvalue weighted by atomic mass is 32.1. The number of hydrogen-bond acceptors (Lipinski definition) is 5.